The highest BCUT2D eigenvalue weighted by atomic mass is 32.1. The van der Waals surface area contributed by atoms with Gasteiger partial charge in [-0.3, -0.25) is 0 Å². The van der Waals surface area contributed by atoms with E-state index in [4.69, 9.17) is 28.4 Å². The van der Waals surface area contributed by atoms with Crippen LogP contribution < -0.4 is 23.7 Å². The molecule has 0 aliphatic rings. The van der Waals surface area contributed by atoms with Crippen molar-refractivity contribution in [2.75, 3.05) is 35.5 Å². The van der Waals surface area contributed by atoms with Gasteiger partial charge in [0.25, 0.3) is 0 Å². The van der Waals surface area contributed by atoms with Crippen molar-refractivity contribution in [2.24, 2.45) is 0 Å². The fraction of sp³-hybridized carbons (Fsp3) is 0.273. The molecular formula is C22H23NO7S. The number of nitrogens with zero attached hydrogens (tertiary/aromatic N) is 1. The largest absolute Gasteiger partial charge is 0.493 e. The van der Waals surface area contributed by atoms with Crippen molar-refractivity contribution < 1.29 is 33.2 Å². The van der Waals surface area contributed by atoms with Crippen molar-refractivity contribution in [3.05, 3.63) is 47.0 Å². The molecule has 0 radical (unpaired) electrons. The lowest BCUT2D eigenvalue weighted by molar-refractivity contribution is 0.0467. The van der Waals surface area contributed by atoms with Crippen molar-refractivity contribution >= 4 is 17.3 Å². The number of rotatable bonds is 9. The van der Waals surface area contributed by atoms with Crippen LogP contribution in [0.2, 0.25) is 0 Å². The lowest BCUT2D eigenvalue weighted by Crippen LogP contribution is -2.07. The van der Waals surface area contributed by atoms with E-state index in [9.17, 15) is 4.79 Å². The number of thiazole rings is 1. The number of methoxy groups -OCH3 is 5. The molecule has 9 heteroatoms. The van der Waals surface area contributed by atoms with Gasteiger partial charge in [0.05, 0.1) is 52.4 Å². The first kappa shape index (κ1) is 22.2. The van der Waals surface area contributed by atoms with Gasteiger partial charge in [0.1, 0.15) is 11.6 Å². The van der Waals surface area contributed by atoms with Gasteiger partial charge >= 0.3 is 5.97 Å². The number of ether oxygens (including phenoxy) is 6. The number of esters is 1. The smallest absolute Gasteiger partial charge is 0.338 e. The molecule has 0 saturated carbocycles. The standard InChI is InChI=1S/C22H23NO7S/c1-25-16-8-6-7-15(19(16)28-4)21-23-14(12-31-21)11-30-22(24)13-9-17(26-2)20(29-5)18(10-13)27-3/h6-10,12H,11H2,1-5H3. The molecule has 2 aromatic carbocycles. The van der Waals surface area contributed by atoms with Crippen LogP contribution in [0.15, 0.2) is 35.7 Å². The lowest BCUT2D eigenvalue weighted by Gasteiger charge is -2.13. The quantitative estimate of drug-likeness (QED) is 0.453. The third-order valence-corrected chi connectivity index (χ3v) is 5.36. The average molecular weight is 445 g/mol. The Balaban J connectivity index is 1.77. The Morgan fingerprint density at radius 3 is 2.10 bits per heavy atom. The predicted molar refractivity (Wildman–Crippen MR) is 116 cm³/mol. The van der Waals surface area contributed by atoms with Crippen LogP contribution in [0.4, 0.5) is 0 Å². The normalized spacial score (nSPS) is 10.4. The van der Waals surface area contributed by atoms with Crippen LogP contribution in [0, 0.1) is 0 Å². The zero-order valence-electron chi connectivity index (χ0n) is 17.9. The van der Waals surface area contributed by atoms with Gasteiger partial charge < -0.3 is 28.4 Å². The van der Waals surface area contributed by atoms with Crippen LogP contribution in [0.5, 0.6) is 28.7 Å². The minimum absolute atomic E-state index is 0.0122. The number of hydrogen-bond acceptors (Lipinski definition) is 9. The van der Waals surface area contributed by atoms with E-state index in [-0.39, 0.29) is 12.2 Å². The Bertz CT molecular complexity index is 1040. The van der Waals surface area contributed by atoms with Crippen LogP contribution in [-0.2, 0) is 11.3 Å². The van der Waals surface area contributed by atoms with Gasteiger partial charge in [-0.15, -0.1) is 11.3 Å². The summed E-state index contributed by atoms with van der Waals surface area (Å²) in [5.74, 6) is 1.82. The molecule has 0 unspecified atom stereocenters. The van der Waals surface area contributed by atoms with Crippen molar-refractivity contribution in [1.82, 2.24) is 4.98 Å². The van der Waals surface area contributed by atoms with Gasteiger partial charge in [-0.1, -0.05) is 6.07 Å². The topological polar surface area (TPSA) is 85.3 Å². The SMILES string of the molecule is COc1cc(C(=O)OCc2csc(-c3cccc(OC)c3OC)n2)cc(OC)c1OC. The Kier molecular flexibility index (Phi) is 7.19. The summed E-state index contributed by atoms with van der Waals surface area (Å²) in [5, 5.41) is 2.56. The third-order valence-electron chi connectivity index (χ3n) is 4.44. The summed E-state index contributed by atoms with van der Waals surface area (Å²) in [5.41, 5.74) is 1.69. The average Bonchev–Trinajstić information content (AvgIpc) is 3.29. The van der Waals surface area contributed by atoms with Gasteiger partial charge in [-0.05, 0) is 24.3 Å². The molecule has 1 heterocycles. The third kappa shape index (κ3) is 4.66. The number of carbonyl (C=O) groups excluding carboxylic acids is 1. The van der Waals surface area contributed by atoms with E-state index in [2.05, 4.69) is 4.98 Å². The Morgan fingerprint density at radius 1 is 0.871 bits per heavy atom. The summed E-state index contributed by atoms with van der Waals surface area (Å²) in [6, 6.07) is 8.65. The first-order valence-electron chi connectivity index (χ1n) is 9.19. The molecule has 8 nitrogen and oxygen atoms in total. The number of carbonyl (C=O) groups is 1. The summed E-state index contributed by atoms with van der Waals surface area (Å²) >= 11 is 1.42. The van der Waals surface area contributed by atoms with E-state index in [1.165, 1.54) is 44.8 Å². The number of benzene rings is 2. The zero-order valence-corrected chi connectivity index (χ0v) is 18.7. The van der Waals surface area contributed by atoms with Crippen LogP contribution >= 0.6 is 11.3 Å². The molecule has 0 bridgehead atoms. The maximum Gasteiger partial charge on any atom is 0.338 e. The highest BCUT2D eigenvalue weighted by molar-refractivity contribution is 7.13. The van der Waals surface area contributed by atoms with Gasteiger partial charge in [0.15, 0.2) is 23.0 Å². The molecule has 1 aromatic heterocycles. The molecule has 164 valence electrons. The number of para-hydroxylation sites is 1. The van der Waals surface area contributed by atoms with Crippen molar-refractivity contribution in [3.8, 4) is 39.3 Å². The van der Waals surface area contributed by atoms with E-state index in [0.717, 1.165) is 10.6 Å². The summed E-state index contributed by atoms with van der Waals surface area (Å²) in [6.45, 7) is 0.0122. The van der Waals surface area contributed by atoms with E-state index in [0.29, 0.717) is 34.4 Å². The van der Waals surface area contributed by atoms with E-state index in [1.54, 1.807) is 14.2 Å². The second-order valence-electron chi connectivity index (χ2n) is 6.18. The number of hydrogen-bond donors (Lipinski definition) is 0. The molecular weight excluding hydrogens is 422 g/mol. The molecule has 0 N–H and O–H groups in total. The Morgan fingerprint density at radius 2 is 1.52 bits per heavy atom. The van der Waals surface area contributed by atoms with E-state index >= 15 is 0 Å². The van der Waals surface area contributed by atoms with Crippen molar-refractivity contribution in [3.63, 3.8) is 0 Å². The highest BCUT2D eigenvalue weighted by Gasteiger charge is 2.19. The van der Waals surface area contributed by atoms with Gasteiger partial charge in [0, 0.05) is 5.38 Å². The Hall–Kier alpha value is -3.46. The first-order valence-corrected chi connectivity index (χ1v) is 10.1. The second-order valence-corrected chi connectivity index (χ2v) is 7.03. The summed E-state index contributed by atoms with van der Waals surface area (Å²) < 4.78 is 32.1. The molecule has 0 fully saturated rings. The molecule has 31 heavy (non-hydrogen) atoms. The van der Waals surface area contributed by atoms with Gasteiger partial charge in [0.2, 0.25) is 5.75 Å². The molecule has 3 rings (SSSR count). The maximum absolute atomic E-state index is 12.6. The van der Waals surface area contributed by atoms with Gasteiger partial charge in [-0.25, -0.2) is 9.78 Å². The summed E-state index contributed by atoms with van der Waals surface area (Å²) in [7, 11) is 7.62. The predicted octanol–water partition coefficient (Wildman–Crippen LogP) is 4.21. The van der Waals surface area contributed by atoms with Crippen LogP contribution in [-0.4, -0.2) is 46.5 Å². The minimum atomic E-state index is -0.534. The fourth-order valence-corrected chi connectivity index (χ4v) is 3.80. The number of aromatic nitrogens is 1. The van der Waals surface area contributed by atoms with Crippen molar-refractivity contribution in [2.45, 2.75) is 6.61 Å². The zero-order chi connectivity index (χ0) is 22.4. The molecule has 0 aliphatic carbocycles. The molecule has 0 atom stereocenters. The highest BCUT2D eigenvalue weighted by Crippen LogP contribution is 2.40. The van der Waals surface area contributed by atoms with Gasteiger partial charge in [-0.2, -0.15) is 0 Å². The summed E-state index contributed by atoms with van der Waals surface area (Å²) in [4.78, 5) is 17.1. The van der Waals surface area contributed by atoms with E-state index in [1.807, 2.05) is 23.6 Å². The minimum Gasteiger partial charge on any atom is -0.493 e. The van der Waals surface area contributed by atoms with Crippen LogP contribution in [0.1, 0.15) is 16.1 Å². The molecule has 0 spiro atoms. The second kappa shape index (κ2) is 10.0. The molecule has 0 amide bonds. The fourth-order valence-electron chi connectivity index (χ4n) is 2.97. The van der Waals surface area contributed by atoms with Crippen LogP contribution in [0.25, 0.3) is 10.6 Å². The van der Waals surface area contributed by atoms with Crippen molar-refractivity contribution in [1.29, 1.82) is 0 Å². The first-order chi connectivity index (χ1) is 15.1. The lowest BCUT2D eigenvalue weighted by atomic mass is 10.2. The molecule has 0 aliphatic heterocycles. The molecule has 3 aromatic rings. The van der Waals surface area contributed by atoms with Crippen LogP contribution in [0.3, 0.4) is 0 Å². The monoisotopic (exact) mass is 445 g/mol. The van der Waals surface area contributed by atoms with E-state index < -0.39 is 5.97 Å². The molecule has 0 saturated heterocycles. The maximum atomic E-state index is 12.6. The summed E-state index contributed by atoms with van der Waals surface area (Å²) in [6.07, 6.45) is 0. The Labute approximate surface area is 184 Å².